The molecule has 4 aliphatic rings. The quantitative estimate of drug-likeness (QED) is 0.284. The van der Waals surface area contributed by atoms with E-state index in [1.807, 2.05) is 66.7 Å². The molecule has 2 aromatic carbocycles. The van der Waals surface area contributed by atoms with Crippen LogP contribution in [0.25, 0.3) is 28.1 Å². The number of nitrogens with zero attached hydrogens (tertiary/aromatic N) is 2. The van der Waals surface area contributed by atoms with Crippen LogP contribution in [0.5, 0.6) is 5.88 Å². The molecule has 2 aliphatic heterocycles. The third-order valence-electron chi connectivity index (χ3n) is 10.7. The lowest BCUT2D eigenvalue weighted by Crippen LogP contribution is -2.60. The van der Waals surface area contributed by atoms with Crippen molar-refractivity contribution in [3.63, 3.8) is 0 Å². The van der Waals surface area contributed by atoms with Crippen LogP contribution in [-0.4, -0.2) is 84.2 Å². The van der Waals surface area contributed by atoms with Crippen LogP contribution in [0.15, 0.2) is 73.3 Å². The molecule has 1 aromatic heterocycles. The first kappa shape index (κ1) is 38.1. The van der Waals surface area contributed by atoms with E-state index in [1.54, 1.807) is 20.8 Å². The number of allylic oxidation sites excluding steroid dienone is 1. The van der Waals surface area contributed by atoms with Gasteiger partial charge in [-0.15, -0.1) is 6.58 Å². The predicted molar refractivity (Wildman–Crippen MR) is 207 cm³/mol. The van der Waals surface area contributed by atoms with Crippen LogP contribution in [0.2, 0.25) is 0 Å². The van der Waals surface area contributed by atoms with Crippen molar-refractivity contribution in [3.05, 3.63) is 78.9 Å². The second-order valence-corrected chi connectivity index (χ2v) is 17.9. The van der Waals surface area contributed by atoms with Crippen molar-refractivity contribution in [2.45, 2.75) is 88.3 Å². The van der Waals surface area contributed by atoms with Gasteiger partial charge in [0.1, 0.15) is 23.7 Å². The molecule has 14 heteroatoms. The summed E-state index contributed by atoms with van der Waals surface area (Å²) in [6.45, 7) is 9.27. The number of amides is 4. The van der Waals surface area contributed by atoms with Crippen LogP contribution in [0, 0.1) is 11.3 Å². The number of benzene rings is 2. The van der Waals surface area contributed by atoms with Crippen LogP contribution >= 0.6 is 0 Å². The molecule has 1 saturated heterocycles. The Labute approximate surface area is 321 Å². The zero-order chi connectivity index (χ0) is 39.1. The summed E-state index contributed by atoms with van der Waals surface area (Å²) < 4.78 is 39.8. The third-order valence-corrected chi connectivity index (χ3v) is 12.5. The highest BCUT2D eigenvalue weighted by atomic mass is 32.2. The zero-order valence-corrected chi connectivity index (χ0v) is 32.1. The number of rotatable bonds is 7. The highest BCUT2D eigenvalue weighted by Crippen LogP contribution is 2.46. The summed E-state index contributed by atoms with van der Waals surface area (Å²) in [4.78, 5) is 61.9. The van der Waals surface area contributed by atoms with E-state index in [2.05, 4.69) is 21.9 Å². The van der Waals surface area contributed by atoms with Gasteiger partial charge in [0.15, 0.2) is 0 Å². The lowest BCUT2D eigenvalue weighted by Gasteiger charge is -2.35. The molecule has 0 spiro atoms. The highest BCUT2D eigenvalue weighted by molar-refractivity contribution is 7.91. The van der Waals surface area contributed by atoms with Gasteiger partial charge in [-0.3, -0.25) is 19.1 Å². The molecule has 55 heavy (non-hydrogen) atoms. The van der Waals surface area contributed by atoms with E-state index in [0.29, 0.717) is 37.3 Å². The SMILES string of the molecule is C=C[C@@H]1CC1(NC(=O)[C@@H]1C[C@@H]2CN1C(=O)[C@H](C(C)(C)C)NC(=O)OCCC/C=C/c1ccc3cc(-c4ccccc4)nc(c3c1)O2)C(=O)NS(=O)(=O)C1CC1. The van der Waals surface area contributed by atoms with Crippen LogP contribution in [-0.2, 0) is 29.1 Å². The molecule has 3 N–H and O–H groups in total. The molecule has 5 atom stereocenters. The minimum atomic E-state index is -3.91. The molecule has 3 aromatic rings. The number of hydrogen-bond acceptors (Lipinski definition) is 9. The first-order valence-electron chi connectivity index (χ1n) is 18.8. The van der Waals surface area contributed by atoms with Crippen molar-refractivity contribution in [1.29, 1.82) is 0 Å². The van der Waals surface area contributed by atoms with Gasteiger partial charge in [-0.25, -0.2) is 18.2 Å². The van der Waals surface area contributed by atoms with E-state index in [0.717, 1.165) is 21.9 Å². The molecular weight excluding hydrogens is 723 g/mol. The van der Waals surface area contributed by atoms with E-state index >= 15 is 0 Å². The summed E-state index contributed by atoms with van der Waals surface area (Å²) in [6.07, 6.45) is 6.29. The average Bonchev–Trinajstić information content (AvgIpc) is 4.08. The number of alkyl carbamates (subject to hydrolysis) is 1. The summed E-state index contributed by atoms with van der Waals surface area (Å²) in [5.74, 6) is -2.23. The Morgan fingerprint density at radius 1 is 1.09 bits per heavy atom. The second-order valence-electron chi connectivity index (χ2n) is 15.9. The van der Waals surface area contributed by atoms with Crippen molar-refractivity contribution in [3.8, 4) is 17.1 Å². The Morgan fingerprint density at radius 2 is 1.85 bits per heavy atom. The van der Waals surface area contributed by atoms with Crippen molar-refractivity contribution in [1.82, 2.24) is 25.2 Å². The molecule has 7 rings (SSSR count). The monoisotopic (exact) mass is 769 g/mol. The molecule has 2 saturated carbocycles. The van der Waals surface area contributed by atoms with Crippen molar-refractivity contribution in [2.75, 3.05) is 13.2 Å². The number of ether oxygens (including phenoxy) is 2. The topological polar surface area (TPSA) is 173 Å². The van der Waals surface area contributed by atoms with Crippen LogP contribution in [0.1, 0.15) is 64.9 Å². The first-order valence-corrected chi connectivity index (χ1v) is 20.3. The van der Waals surface area contributed by atoms with Crippen LogP contribution in [0.4, 0.5) is 4.79 Å². The van der Waals surface area contributed by atoms with E-state index in [9.17, 15) is 27.6 Å². The normalized spacial score (nSPS) is 26.5. The van der Waals surface area contributed by atoms with Crippen molar-refractivity contribution in [2.24, 2.45) is 11.3 Å². The maximum atomic E-state index is 14.6. The smallest absolute Gasteiger partial charge is 0.407 e. The lowest BCUT2D eigenvalue weighted by atomic mass is 9.85. The number of nitrogens with one attached hydrogen (secondary N) is 3. The molecular formula is C41H47N5O8S. The molecule has 13 nitrogen and oxygen atoms in total. The number of hydrogen-bond donors (Lipinski definition) is 3. The first-order chi connectivity index (χ1) is 26.2. The number of pyridine rings is 1. The van der Waals surface area contributed by atoms with Gasteiger partial charge in [0.05, 0.1) is 24.1 Å². The maximum Gasteiger partial charge on any atom is 0.407 e. The molecule has 290 valence electrons. The van der Waals surface area contributed by atoms with Crippen LogP contribution < -0.4 is 20.1 Å². The van der Waals surface area contributed by atoms with Crippen molar-refractivity contribution >= 4 is 50.7 Å². The Morgan fingerprint density at radius 3 is 2.55 bits per heavy atom. The Bertz CT molecular complexity index is 2160. The minimum absolute atomic E-state index is 0.0219. The third kappa shape index (κ3) is 8.10. The zero-order valence-electron chi connectivity index (χ0n) is 31.2. The van der Waals surface area contributed by atoms with Gasteiger partial charge in [-0.05, 0) is 60.6 Å². The van der Waals surface area contributed by atoms with Gasteiger partial charge in [0.2, 0.25) is 27.7 Å². The summed E-state index contributed by atoms with van der Waals surface area (Å²) in [5, 5.41) is 6.55. The van der Waals surface area contributed by atoms with Crippen LogP contribution in [0.3, 0.4) is 0 Å². The molecule has 2 aliphatic carbocycles. The molecule has 1 unspecified atom stereocenters. The van der Waals surface area contributed by atoms with Crippen molar-refractivity contribution < 1.29 is 37.1 Å². The largest absolute Gasteiger partial charge is 0.472 e. The predicted octanol–water partition coefficient (Wildman–Crippen LogP) is 4.87. The molecule has 3 heterocycles. The fourth-order valence-electron chi connectivity index (χ4n) is 7.30. The second kappa shape index (κ2) is 14.8. The Hall–Kier alpha value is -5.24. The fraction of sp³-hybridized carbons (Fsp3) is 0.439. The van der Waals surface area contributed by atoms with Gasteiger partial charge < -0.3 is 25.0 Å². The number of aromatic nitrogens is 1. The summed E-state index contributed by atoms with van der Waals surface area (Å²) >= 11 is 0. The van der Waals surface area contributed by atoms with Gasteiger partial charge in [-0.2, -0.15) is 0 Å². The number of carbonyl (C=O) groups is 4. The van der Waals surface area contributed by atoms with Gasteiger partial charge in [0, 0.05) is 23.3 Å². The molecule has 3 fully saturated rings. The summed E-state index contributed by atoms with van der Waals surface area (Å²) in [6, 6.07) is 15.4. The van der Waals surface area contributed by atoms with E-state index < -0.39 is 74.1 Å². The maximum absolute atomic E-state index is 14.6. The molecule has 0 radical (unpaired) electrons. The number of fused-ring (bicyclic) bond motifs is 3. The Balaban J connectivity index is 1.26. The summed E-state index contributed by atoms with van der Waals surface area (Å²) in [5.41, 5.74) is 0.113. The average molecular weight is 770 g/mol. The standard InChI is InChI=1S/C41H47N5O8S/c1-5-28-23-41(28,38(49)45-55(51,52)30-17-18-30)44-35(47)33-22-29-24-46(33)37(48)34(40(2,3)4)43-39(50)53-19-11-7-8-12-25-15-16-27-21-32(26-13-9-6-10-14-26)42-36(54-29)31(27)20-25/h5-6,8-10,12-16,20-21,28-30,33-34H,1,7,11,17-19,22-24H2,2-4H3,(H,43,50)(H,44,47)(H,45,49)/b12-8+/t28-,29-,33+,34-,41?/m1/s1. The highest BCUT2D eigenvalue weighted by Gasteiger charge is 2.62. The van der Waals surface area contributed by atoms with Gasteiger partial charge >= 0.3 is 6.09 Å². The number of carbonyl (C=O) groups excluding carboxylic acids is 4. The van der Waals surface area contributed by atoms with E-state index in [1.165, 1.54) is 11.0 Å². The number of cyclic esters (lactones) is 1. The summed E-state index contributed by atoms with van der Waals surface area (Å²) in [7, 11) is -3.91. The van der Waals surface area contributed by atoms with E-state index in [-0.39, 0.29) is 26.0 Å². The lowest BCUT2D eigenvalue weighted by molar-refractivity contribution is -0.142. The fourth-order valence-corrected chi connectivity index (χ4v) is 8.66. The Kier molecular flexibility index (Phi) is 10.2. The molecule has 4 bridgehead atoms. The van der Waals surface area contributed by atoms with Gasteiger partial charge in [-0.1, -0.05) is 81.5 Å². The van der Waals surface area contributed by atoms with E-state index in [4.69, 9.17) is 14.5 Å². The van der Waals surface area contributed by atoms with Gasteiger partial charge in [0.25, 0.3) is 5.91 Å². The minimum Gasteiger partial charge on any atom is -0.472 e. The molecule has 4 amide bonds. The number of sulfonamides is 1.